The van der Waals surface area contributed by atoms with Crippen molar-refractivity contribution in [1.82, 2.24) is 0 Å². The predicted molar refractivity (Wildman–Crippen MR) is 64.6 cm³/mol. The first-order chi connectivity index (χ1) is 7.82. The van der Waals surface area contributed by atoms with Crippen molar-refractivity contribution in [2.45, 2.75) is 26.9 Å². The zero-order chi connectivity index (χ0) is 13.2. The highest BCUT2D eigenvalue weighted by atomic mass is 16.6. The Morgan fingerprint density at radius 1 is 1.47 bits per heavy atom. The molecule has 6 nitrogen and oxygen atoms in total. The van der Waals surface area contributed by atoms with E-state index in [0.717, 1.165) is 5.56 Å². The van der Waals surface area contributed by atoms with E-state index in [-0.39, 0.29) is 11.5 Å². The number of rotatable bonds is 4. The standard InChI is InChI=1S/C11H15N3O3/c1-6-4-7(2)10(5-9(6)14(15)16)17-8(3)11(12)13/h4-5,8H,1-3H3,(H3,12,13). The minimum atomic E-state index is -0.601. The quantitative estimate of drug-likeness (QED) is 0.361. The summed E-state index contributed by atoms with van der Waals surface area (Å²) in [6, 6.07) is 3.05. The Morgan fingerprint density at radius 2 is 2.06 bits per heavy atom. The lowest BCUT2D eigenvalue weighted by Crippen LogP contribution is -2.30. The fourth-order valence-corrected chi connectivity index (χ4v) is 1.40. The van der Waals surface area contributed by atoms with Gasteiger partial charge in [0.2, 0.25) is 0 Å². The van der Waals surface area contributed by atoms with E-state index in [0.29, 0.717) is 11.3 Å². The van der Waals surface area contributed by atoms with Crippen molar-refractivity contribution in [3.05, 3.63) is 33.4 Å². The maximum absolute atomic E-state index is 10.8. The smallest absolute Gasteiger partial charge is 0.276 e. The molecule has 0 fully saturated rings. The molecule has 1 aromatic rings. The Morgan fingerprint density at radius 3 is 2.53 bits per heavy atom. The molecule has 0 saturated heterocycles. The second-order valence-electron chi connectivity index (χ2n) is 3.88. The number of nitro benzene ring substituents is 1. The van der Waals surface area contributed by atoms with E-state index in [1.165, 1.54) is 6.07 Å². The van der Waals surface area contributed by atoms with Crippen molar-refractivity contribution in [2.24, 2.45) is 5.73 Å². The van der Waals surface area contributed by atoms with Crippen molar-refractivity contribution >= 4 is 11.5 Å². The van der Waals surface area contributed by atoms with E-state index in [9.17, 15) is 10.1 Å². The molecule has 0 aliphatic heterocycles. The Labute approximate surface area is 99.0 Å². The van der Waals surface area contributed by atoms with Gasteiger partial charge in [-0.3, -0.25) is 15.5 Å². The van der Waals surface area contributed by atoms with Crippen LogP contribution in [0, 0.1) is 29.4 Å². The Bertz CT molecular complexity index is 471. The largest absolute Gasteiger partial charge is 0.482 e. The molecule has 0 spiro atoms. The summed E-state index contributed by atoms with van der Waals surface area (Å²) >= 11 is 0. The van der Waals surface area contributed by atoms with E-state index in [4.69, 9.17) is 15.9 Å². The normalized spacial score (nSPS) is 11.9. The molecule has 1 atom stereocenters. The number of nitrogens with one attached hydrogen (secondary N) is 1. The maximum Gasteiger partial charge on any atom is 0.276 e. The molecule has 1 rings (SSSR count). The molecule has 0 aliphatic rings. The molecule has 0 aromatic heterocycles. The third-order valence-electron chi connectivity index (χ3n) is 2.43. The number of nitrogens with zero attached hydrogens (tertiary/aromatic N) is 1. The van der Waals surface area contributed by atoms with Gasteiger partial charge >= 0.3 is 0 Å². The van der Waals surface area contributed by atoms with Gasteiger partial charge in [0.25, 0.3) is 5.69 Å². The Hall–Kier alpha value is -2.11. The Kier molecular flexibility index (Phi) is 3.67. The molecule has 0 aliphatic carbocycles. The van der Waals surface area contributed by atoms with E-state index in [1.54, 1.807) is 26.8 Å². The van der Waals surface area contributed by atoms with Gasteiger partial charge in [-0.05, 0) is 32.4 Å². The van der Waals surface area contributed by atoms with Crippen LogP contribution in [-0.4, -0.2) is 16.9 Å². The molecule has 6 heteroatoms. The van der Waals surface area contributed by atoms with E-state index in [2.05, 4.69) is 0 Å². The van der Waals surface area contributed by atoms with Crippen molar-refractivity contribution in [2.75, 3.05) is 0 Å². The zero-order valence-electron chi connectivity index (χ0n) is 9.98. The first-order valence-corrected chi connectivity index (χ1v) is 5.09. The van der Waals surface area contributed by atoms with Gasteiger partial charge in [0.1, 0.15) is 11.6 Å². The number of nitro groups is 1. The van der Waals surface area contributed by atoms with Gasteiger partial charge in [0.05, 0.1) is 11.0 Å². The first-order valence-electron chi connectivity index (χ1n) is 5.09. The van der Waals surface area contributed by atoms with Crippen LogP contribution in [0.1, 0.15) is 18.1 Å². The zero-order valence-corrected chi connectivity index (χ0v) is 9.98. The number of benzene rings is 1. The maximum atomic E-state index is 10.8. The van der Waals surface area contributed by atoms with Crippen molar-refractivity contribution < 1.29 is 9.66 Å². The van der Waals surface area contributed by atoms with Crippen molar-refractivity contribution in [3.63, 3.8) is 0 Å². The van der Waals surface area contributed by atoms with Gasteiger partial charge in [-0.25, -0.2) is 0 Å². The van der Waals surface area contributed by atoms with Gasteiger partial charge < -0.3 is 10.5 Å². The van der Waals surface area contributed by atoms with Crippen LogP contribution in [0.25, 0.3) is 0 Å². The first kappa shape index (κ1) is 13.0. The van der Waals surface area contributed by atoms with Crippen LogP contribution >= 0.6 is 0 Å². The lowest BCUT2D eigenvalue weighted by atomic mass is 10.1. The number of aryl methyl sites for hydroxylation is 2. The lowest BCUT2D eigenvalue weighted by molar-refractivity contribution is -0.385. The molecule has 0 amide bonds. The van der Waals surface area contributed by atoms with Gasteiger partial charge in [-0.15, -0.1) is 0 Å². The molecule has 1 unspecified atom stereocenters. The average molecular weight is 237 g/mol. The second kappa shape index (κ2) is 4.82. The van der Waals surface area contributed by atoms with Crippen LogP contribution in [-0.2, 0) is 0 Å². The SMILES string of the molecule is Cc1cc(C)c([N+](=O)[O-])cc1OC(C)C(=N)N. The highest BCUT2D eigenvalue weighted by Gasteiger charge is 2.16. The number of nitrogens with two attached hydrogens (primary N) is 1. The van der Waals surface area contributed by atoms with Gasteiger partial charge in [-0.1, -0.05) is 0 Å². The third kappa shape index (κ3) is 2.93. The Balaban J connectivity index is 3.12. The summed E-state index contributed by atoms with van der Waals surface area (Å²) in [6.45, 7) is 5.08. The van der Waals surface area contributed by atoms with Gasteiger partial charge in [0, 0.05) is 5.56 Å². The molecular formula is C11H15N3O3. The number of hydrogen-bond acceptors (Lipinski definition) is 4. The fraction of sp³-hybridized carbons (Fsp3) is 0.364. The number of hydrogen-bond donors (Lipinski definition) is 2. The van der Waals surface area contributed by atoms with E-state index >= 15 is 0 Å². The minimum Gasteiger partial charge on any atom is -0.482 e. The van der Waals surface area contributed by atoms with Gasteiger partial charge in [-0.2, -0.15) is 0 Å². The molecule has 92 valence electrons. The van der Waals surface area contributed by atoms with Crippen LogP contribution < -0.4 is 10.5 Å². The summed E-state index contributed by atoms with van der Waals surface area (Å²) in [5, 5.41) is 18.0. The molecule has 1 aromatic carbocycles. The highest BCUT2D eigenvalue weighted by Crippen LogP contribution is 2.28. The molecule has 0 radical (unpaired) electrons. The van der Waals surface area contributed by atoms with Gasteiger partial charge in [0.15, 0.2) is 6.10 Å². The molecule has 0 heterocycles. The summed E-state index contributed by atoms with van der Waals surface area (Å²) in [7, 11) is 0. The molecule has 17 heavy (non-hydrogen) atoms. The van der Waals surface area contributed by atoms with Crippen LogP contribution in [0.5, 0.6) is 5.75 Å². The lowest BCUT2D eigenvalue weighted by Gasteiger charge is -2.15. The summed E-state index contributed by atoms with van der Waals surface area (Å²) in [5.41, 5.74) is 6.65. The third-order valence-corrected chi connectivity index (χ3v) is 2.43. The predicted octanol–water partition coefficient (Wildman–Crippen LogP) is 1.91. The molecule has 0 saturated carbocycles. The topological polar surface area (TPSA) is 102 Å². The van der Waals surface area contributed by atoms with Crippen LogP contribution in [0.15, 0.2) is 12.1 Å². The van der Waals surface area contributed by atoms with Crippen LogP contribution in [0.3, 0.4) is 0 Å². The summed E-state index contributed by atoms with van der Waals surface area (Å²) in [5.74, 6) is 0.262. The molecule has 0 bridgehead atoms. The summed E-state index contributed by atoms with van der Waals surface area (Å²) in [6.07, 6.45) is -0.601. The van der Waals surface area contributed by atoms with Crippen molar-refractivity contribution in [1.29, 1.82) is 5.41 Å². The average Bonchev–Trinajstić information content (AvgIpc) is 2.21. The fourth-order valence-electron chi connectivity index (χ4n) is 1.40. The highest BCUT2D eigenvalue weighted by molar-refractivity contribution is 5.81. The molecule has 3 N–H and O–H groups in total. The van der Waals surface area contributed by atoms with E-state index < -0.39 is 11.0 Å². The molecular weight excluding hydrogens is 222 g/mol. The summed E-state index contributed by atoms with van der Waals surface area (Å²) in [4.78, 5) is 10.3. The van der Waals surface area contributed by atoms with Crippen LogP contribution in [0.4, 0.5) is 5.69 Å². The number of ether oxygens (including phenoxy) is 1. The number of amidine groups is 1. The monoisotopic (exact) mass is 237 g/mol. The second-order valence-corrected chi connectivity index (χ2v) is 3.88. The van der Waals surface area contributed by atoms with Crippen molar-refractivity contribution in [3.8, 4) is 5.75 Å². The summed E-state index contributed by atoms with van der Waals surface area (Å²) < 4.78 is 5.40. The van der Waals surface area contributed by atoms with Crippen LogP contribution in [0.2, 0.25) is 0 Å². The minimum absolute atomic E-state index is 0.00125. The van der Waals surface area contributed by atoms with E-state index in [1.807, 2.05) is 0 Å².